The Bertz CT molecular complexity index is 1480. The summed E-state index contributed by atoms with van der Waals surface area (Å²) in [5.41, 5.74) is 5.68. The lowest BCUT2D eigenvalue weighted by Gasteiger charge is -2.40. The number of fused-ring (bicyclic) bond motifs is 1. The van der Waals surface area contributed by atoms with Crippen LogP contribution in [-0.4, -0.2) is 38.9 Å². The van der Waals surface area contributed by atoms with Crippen LogP contribution in [0.3, 0.4) is 0 Å². The first kappa shape index (κ1) is 27.4. The largest absolute Gasteiger partial charge is 0.386 e. The van der Waals surface area contributed by atoms with Crippen LogP contribution in [0.15, 0.2) is 102 Å². The monoisotopic (exact) mass is 602 g/mol. The number of allylic oxidation sites excluding steroid dienone is 1. The van der Waals surface area contributed by atoms with Crippen molar-refractivity contribution < 1.29 is 19.6 Å². The first-order valence-electron chi connectivity index (χ1n) is 12.8. The number of nitro benzene ring substituents is 1. The van der Waals surface area contributed by atoms with E-state index >= 15 is 0 Å². The molecule has 5 rings (SSSR count). The van der Waals surface area contributed by atoms with Crippen molar-refractivity contribution in [3.63, 3.8) is 0 Å². The maximum atomic E-state index is 13.8. The molecule has 0 aromatic heterocycles. The van der Waals surface area contributed by atoms with Crippen LogP contribution < -0.4 is 10.3 Å². The lowest BCUT2D eigenvalue weighted by atomic mass is 9.90. The molecule has 0 bridgehead atoms. The average Bonchev–Trinajstić information content (AvgIpc) is 3.22. The summed E-state index contributed by atoms with van der Waals surface area (Å²) in [7, 11) is 0. The molecular weight excluding hydrogens is 576 g/mol. The van der Waals surface area contributed by atoms with E-state index in [1.54, 1.807) is 47.5 Å². The lowest BCUT2D eigenvalue weighted by Crippen LogP contribution is -2.55. The van der Waals surface area contributed by atoms with Crippen LogP contribution in [-0.2, 0) is 16.0 Å². The Labute approximate surface area is 239 Å². The lowest BCUT2D eigenvalue weighted by molar-refractivity contribution is -0.384. The molecule has 4 atom stereocenters. The number of hydrogen-bond donors (Lipinski definition) is 2. The Balaban J connectivity index is 1.53. The fraction of sp³-hybridized carbons (Fsp3) is 0.200. The van der Waals surface area contributed by atoms with Gasteiger partial charge < -0.3 is 10.5 Å². The van der Waals surface area contributed by atoms with Crippen molar-refractivity contribution in [2.24, 2.45) is 5.92 Å². The number of nitrogens with one attached hydrogen (secondary N) is 1. The van der Waals surface area contributed by atoms with Crippen LogP contribution in [0, 0.1) is 16.0 Å². The molecule has 204 valence electrons. The van der Waals surface area contributed by atoms with Gasteiger partial charge in [0.15, 0.2) is 0 Å². The van der Waals surface area contributed by atoms with Crippen LogP contribution in [0.2, 0.25) is 0 Å². The van der Waals surface area contributed by atoms with E-state index in [1.807, 2.05) is 24.3 Å². The molecule has 2 N–H and O–H groups in total. The molecule has 3 aromatic carbocycles. The molecule has 1 saturated heterocycles. The molecular formula is C30H27BrN4O5. The summed E-state index contributed by atoms with van der Waals surface area (Å²) in [6, 6.07) is 18.4. The van der Waals surface area contributed by atoms with Gasteiger partial charge in [0.25, 0.3) is 11.6 Å². The number of rotatable bonds is 9. The second kappa shape index (κ2) is 11.5. The summed E-state index contributed by atoms with van der Waals surface area (Å²) in [5.74, 6) is -1.58. The van der Waals surface area contributed by atoms with Crippen molar-refractivity contribution in [3.05, 3.63) is 123 Å². The van der Waals surface area contributed by atoms with Crippen LogP contribution in [0.1, 0.15) is 23.7 Å². The number of imide groups is 1. The molecule has 3 aromatic rings. The van der Waals surface area contributed by atoms with Gasteiger partial charge in [0.05, 0.1) is 28.7 Å². The molecule has 1 fully saturated rings. The quantitative estimate of drug-likeness (QED) is 0.147. The van der Waals surface area contributed by atoms with Gasteiger partial charge in [-0.25, -0.2) is 9.91 Å². The fourth-order valence-electron chi connectivity index (χ4n) is 5.13. The normalized spacial score (nSPS) is 21.2. The van der Waals surface area contributed by atoms with E-state index in [2.05, 4.69) is 27.9 Å². The predicted octanol–water partition coefficient (Wildman–Crippen LogP) is 5.34. The third-order valence-electron chi connectivity index (χ3n) is 7.16. The highest BCUT2D eigenvalue weighted by Crippen LogP contribution is 2.38. The van der Waals surface area contributed by atoms with Gasteiger partial charge in [-0.15, -0.1) is 6.58 Å². The SMILES string of the molecule is C=CCCc1cc([C@H](O)C2C=CC3C(=O)N(c4ccccc4)C(=O)[C@H]3N2Nc2ccc([N+](=O)[O-])cc2)ccc1Br. The van der Waals surface area contributed by atoms with Crippen molar-refractivity contribution >= 4 is 44.8 Å². The van der Waals surface area contributed by atoms with E-state index in [9.17, 15) is 24.8 Å². The van der Waals surface area contributed by atoms with E-state index in [0.29, 0.717) is 16.9 Å². The molecule has 2 amide bonds. The standard InChI is InChI=1S/C30H27BrN4O5/c1-2-3-7-19-18-20(10-16-25(19)31)28(36)26-17-15-24-27(30(38)33(29(24)37)22-8-5-4-6-9-22)34(26)32-21-11-13-23(14-12-21)35(39)40/h2,4-6,8-18,24,26-28,32,36H,1,3,7H2/t24?,26?,27-,28-/m0/s1. The summed E-state index contributed by atoms with van der Waals surface area (Å²) in [6.07, 6.45) is 5.69. The second-order valence-corrected chi connectivity index (χ2v) is 10.5. The van der Waals surface area contributed by atoms with E-state index in [-0.39, 0.29) is 11.6 Å². The highest BCUT2D eigenvalue weighted by atomic mass is 79.9. The molecule has 2 aliphatic heterocycles. The number of non-ortho nitro benzene ring substituents is 1. The molecule has 2 heterocycles. The number of halogens is 1. The number of nitrogens with zero attached hydrogens (tertiary/aromatic N) is 3. The number of aliphatic hydroxyl groups is 1. The zero-order valence-electron chi connectivity index (χ0n) is 21.4. The topological polar surface area (TPSA) is 116 Å². The number of nitro groups is 1. The summed E-state index contributed by atoms with van der Waals surface area (Å²) in [4.78, 5) is 39.1. The Morgan fingerprint density at radius 1 is 1.05 bits per heavy atom. The molecule has 10 heteroatoms. The third-order valence-corrected chi connectivity index (χ3v) is 7.93. The number of amides is 2. The third kappa shape index (κ3) is 5.21. The van der Waals surface area contributed by atoms with E-state index in [4.69, 9.17) is 0 Å². The maximum absolute atomic E-state index is 13.8. The van der Waals surface area contributed by atoms with E-state index in [0.717, 1.165) is 22.9 Å². The average molecular weight is 603 g/mol. The fourth-order valence-corrected chi connectivity index (χ4v) is 5.58. The number of carbonyl (C=O) groups is 2. The van der Waals surface area contributed by atoms with E-state index in [1.165, 1.54) is 29.2 Å². The van der Waals surface area contributed by atoms with Gasteiger partial charge in [0.1, 0.15) is 6.04 Å². The number of aliphatic hydroxyl groups excluding tert-OH is 1. The molecule has 0 radical (unpaired) electrons. The number of aryl methyl sites for hydroxylation is 1. The van der Waals surface area contributed by atoms with Gasteiger partial charge in [-0.05, 0) is 54.3 Å². The van der Waals surface area contributed by atoms with E-state index < -0.39 is 34.9 Å². The Morgan fingerprint density at radius 2 is 1.77 bits per heavy atom. The number of carbonyl (C=O) groups excluding carboxylic acids is 2. The van der Waals surface area contributed by atoms with Crippen molar-refractivity contribution in [1.29, 1.82) is 0 Å². The van der Waals surface area contributed by atoms with Crippen molar-refractivity contribution in [1.82, 2.24) is 5.01 Å². The minimum atomic E-state index is -1.06. The highest BCUT2D eigenvalue weighted by molar-refractivity contribution is 9.10. The minimum Gasteiger partial charge on any atom is -0.386 e. The highest BCUT2D eigenvalue weighted by Gasteiger charge is 2.54. The summed E-state index contributed by atoms with van der Waals surface area (Å²) >= 11 is 3.57. The van der Waals surface area contributed by atoms with Crippen molar-refractivity contribution in [2.75, 3.05) is 10.3 Å². The maximum Gasteiger partial charge on any atom is 0.269 e. The van der Waals surface area contributed by atoms with Gasteiger partial charge in [-0.1, -0.05) is 64.5 Å². The van der Waals surface area contributed by atoms with Crippen LogP contribution >= 0.6 is 15.9 Å². The van der Waals surface area contributed by atoms with Crippen molar-refractivity contribution in [2.45, 2.75) is 31.0 Å². The molecule has 40 heavy (non-hydrogen) atoms. The number of hydrogen-bond acceptors (Lipinski definition) is 7. The van der Waals surface area contributed by atoms with Crippen LogP contribution in [0.25, 0.3) is 0 Å². The molecule has 0 spiro atoms. The van der Waals surface area contributed by atoms with Crippen molar-refractivity contribution in [3.8, 4) is 0 Å². The molecule has 2 unspecified atom stereocenters. The first-order chi connectivity index (χ1) is 19.3. The Kier molecular flexibility index (Phi) is 7.92. The number of benzene rings is 3. The van der Waals surface area contributed by atoms with Gasteiger partial charge in [-0.3, -0.25) is 19.7 Å². The smallest absolute Gasteiger partial charge is 0.269 e. The van der Waals surface area contributed by atoms with Gasteiger partial charge >= 0.3 is 0 Å². The zero-order chi connectivity index (χ0) is 28.4. The summed E-state index contributed by atoms with van der Waals surface area (Å²) < 4.78 is 0.917. The molecule has 0 saturated carbocycles. The predicted molar refractivity (Wildman–Crippen MR) is 155 cm³/mol. The molecule has 2 aliphatic rings. The minimum absolute atomic E-state index is 0.0807. The van der Waals surface area contributed by atoms with Gasteiger partial charge in [-0.2, -0.15) is 0 Å². The number of para-hydroxylation sites is 1. The second-order valence-electron chi connectivity index (χ2n) is 9.64. The number of anilines is 2. The van der Waals surface area contributed by atoms with Gasteiger partial charge in [0.2, 0.25) is 5.91 Å². The first-order valence-corrected chi connectivity index (χ1v) is 13.6. The summed E-state index contributed by atoms with van der Waals surface area (Å²) in [5, 5.41) is 24.4. The summed E-state index contributed by atoms with van der Waals surface area (Å²) in [6.45, 7) is 3.78. The van der Waals surface area contributed by atoms with Crippen LogP contribution in [0.4, 0.5) is 17.1 Å². The Morgan fingerprint density at radius 3 is 2.45 bits per heavy atom. The Hall–Kier alpha value is -4.12. The molecule has 0 aliphatic carbocycles. The molecule has 9 nitrogen and oxygen atoms in total. The van der Waals surface area contributed by atoms with Gasteiger partial charge in [0, 0.05) is 22.3 Å². The zero-order valence-corrected chi connectivity index (χ0v) is 23.0. The number of hydrazine groups is 1. The van der Waals surface area contributed by atoms with Crippen LogP contribution in [0.5, 0.6) is 0 Å².